The number of hydrogen-bond donors (Lipinski definition) is 2. The molecule has 2 rings (SSSR count). The average molecular weight is 206 g/mol. The van der Waals surface area contributed by atoms with Crippen molar-refractivity contribution in [1.82, 2.24) is 9.97 Å². The second-order valence-corrected chi connectivity index (χ2v) is 3.14. The number of fused-ring (bicyclic) bond motifs is 1. The van der Waals surface area contributed by atoms with Crippen LogP contribution in [-0.2, 0) is 0 Å². The van der Waals surface area contributed by atoms with Crippen molar-refractivity contribution in [1.29, 1.82) is 0 Å². The highest BCUT2D eigenvalue weighted by atomic mass is 35.5. The first-order valence-corrected chi connectivity index (χ1v) is 4.51. The van der Waals surface area contributed by atoms with E-state index in [4.69, 9.17) is 17.3 Å². The predicted octanol–water partition coefficient (Wildman–Crippen LogP) is 1.53. The van der Waals surface area contributed by atoms with Crippen molar-refractivity contribution < 1.29 is 0 Å². The summed E-state index contributed by atoms with van der Waals surface area (Å²) in [7, 11) is 0. The van der Waals surface area contributed by atoms with E-state index < -0.39 is 0 Å². The van der Waals surface area contributed by atoms with Crippen molar-refractivity contribution in [3.63, 3.8) is 0 Å². The maximum Gasteiger partial charge on any atom is 0.140 e. The SMILES string of the molecule is NCC#Cc1cc(Cl)c2cc[nH]c2n1. The van der Waals surface area contributed by atoms with Gasteiger partial charge < -0.3 is 10.7 Å². The predicted molar refractivity (Wildman–Crippen MR) is 57.0 cm³/mol. The second-order valence-electron chi connectivity index (χ2n) is 2.74. The van der Waals surface area contributed by atoms with Crippen molar-refractivity contribution in [2.75, 3.05) is 6.54 Å². The molecule has 2 aromatic heterocycles. The van der Waals surface area contributed by atoms with Crippen LogP contribution in [0.1, 0.15) is 5.69 Å². The number of nitrogens with two attached hydrogens (primary N) is 1. The van der Waals surface area contributed by atoms with Gasteiger partial charge in [-0.1, -0.05) is 17.5 Å². The Morgan fingerprint density at radius 3 is 3.21 bits per heavy atom. The Morgan fingerprint density at radius 1 is 1.57 bits per heavy atom. The fourth-order valence-electron chi connectivity index (χ4n) is 1.20. The van der Waals surface area contributed by atoms with Crippen LogP contribution in [-0.4, -0.2) is 16.5 Å². The van der Waals surface area contributed by atoms with Crippen LogP contribution in [0.4, 0.5) is 0 Å². The van der Waals surface area contributed by atoms with Crippen molar-refractivity contribution in [3.05, 3.63) is 29.0 Å². The average Bonchev–Trinajstić information content (AvgIpc) is 2.63. The first-order valence-electron chi connectivity index (χ1n) is 4.14. The zero-order chi connectivity index (χ0) is 9.97. The molecule has 4 heteroatoms. The Kier molecular flexibility index (Phi) is 2.40. The van der Waals surface area contributed by atoms with E-state index in [0.717, 1.165) is 11.0 Å². The summed E-state index contributed by atoms with van der Waals surface area (Å²) in [6, 6.07) is 3.62. The molecular weight excluding hydrogens is 198 g/mol. The van der Waals surface area contributed by atoms with E-state index in [1.807, 2.05) is 6.07 Å². The third-order valence-electron chi connectivity index (χ3n) is 1.80. The molecule has 0 aromatic carbocycles. The third-order valence-corrected chi connectivity index (χ3v) is 2.11. The second kappa shape index (κ2) is 3.70. The molecule has 0 radical (unpaired) electrons. The van der Waals surface area contributed by atoms with Crippen molar-refractivity contribution >= 4 is 22.6 Å². The van der Waals surface area contributed by atoms with Crippen LogP contribution in [0.3, 0.4) is 0 Å². The summed E-state index contributed by atoms with van der Waals surface area (Å²) in [5, 5.41) is 1.56. The molecule has 2 aromatic rings. The molecule has 0 aliphatic heterocycles. The zero-order valence-corrected chi connectivity index (χ0v) is 8.10. The summed E-state index contributed by atoms with van der Waals surface area (Å²) in [4.78, 5) is 7.25. The number of aromatic amines is 1. The molecule has 0 aliphatic rings. The number of hydrogen-bond acceptors (Lipinski definition) is 2. The highest BCUT2D eigenvalue weighted by molar-refractivity contribution is 6.35. The minimum Gasteiger partial charge on any atom is -0.346 e. The molecule has 0 fully saturated rings. The summed E-state index contributed by atoms with van der Waals surface area (Å²) in [6.07, 6.45) is 1.80. The van der Waals surface area contributed by atoms with E-state index in [1.165, 1.54) is 0 Å². The van der Waals surface area contributed by atoms with Gasteiger partial charge in [-0.3, -0.25) is 0 Å². The van der Waals surface area contributed by atoms with Gasteiger partial charge in [0.15, 0.2) is 0 Å². The van der Waals surface area contributed by atoms with Gasteiger partial charge >= 0.3 is 0 Å². The zero-order valence-electron chi connectivity index (χ0n) is 7.34. The Morgan fingerprint density at radius 2 is 2.43 bits per heavy atom. The van der Waals surface area contributed by atoms with E-state index >= 15 is 0 Å². The summed E-state index contributed by atoms with van der Waals surface area (Å²) in [6.45, 7) is 0.321. The first kappa shape index (κ1) is 9.07. The minimum atomic E-state index is 0.321. The summed E-state index contributed by atoms with van der Waals surface area (Å²) in [5.74, 6) is 5.57. The lowest BCUT2D eigenvalue weighted by atomic mass is 10.3. The van der Waals surface area contributed by atoms with Crippen LogP contribution >= 0.6 is 11.6 Å². The smallest absolute Gasteiger partial charge is 0.140 e. The largest absolute Gasteiger partial charge is 0.346 e. The van der Waals surface area contributed by atoms with Gasteiger partial charge in [-0.05, 0) is 18.1 Å². The summed E-state index contributed by atoms with van der Waals surface area (Å²) in [5.41, 5.74) is 6.65. The van der Waals surface area contributed by atoms with Crippen molar-refractivity contribution in [3.8, 4) is 11.8 Å². The maximum atomic E-state index is 6.02. The maximum absolute atomic E-state index is 6.02. The fraction of sp³-hybridized carbons (Fsp3) is 0.100. The van der Waals surface area contributed by atoms with Crippen LogP contribution in [0.2, 0.25) is 5.02 Å². The van der Waals surface area contributed by atoms with Gasteiger partial charge in [0.25, 0.3) is 0 Å². The fourth-order valence-corrected chi connectivity index (χ4v) is 1.46. The van der Waals surface area contributed by atoms with Crippen molar-refractivity contribution in [2.45, 2.75) is 0 Å². The monoisotopic (exact) mass is 205 g/mol. The van der Waals surface area contributed by atoms with Crippen LogP contribution < -0.4 is 5.73 Å². The van der Waals surface area contributed by atoms with Gasteiger partial charge in [-0.25, -0.2) is 4.98 Å². The highest BCUT2D eigenvalue weighted by Crippen LogP contribution is 2.21. The molecule has 70 valence electrons. The molecule has 14 heavy (non-hydrogen) atoms. The number of H-pyrrole nitrogens is 1. The number of halogens is 1. The standard InChI is InChI=1S/C10H8ClN3/c11-9-6-7(2-1-4-12)14-10-8(9)3-5-13-10/h3,5-6H,4,12H2,(H,13,14). The molecule has 3 nitrogen and oxygen atoms in total. The molecule has 0 saturated carbocycles. The number of rotatable bonds is 0. The van der Waals surface area contributed by atoms with E-state index in [-0.39, 0.29) is 0 Å². The summed E-state index contributed by atoms with van der Waals surface area (Å²) >= 11 is 6.02. The van der Waals surface area contributed by atoms with Gasteiger partial charge in [0.05, 0.1) is 11.6 Å². The summed E-state index contributed by atoms with van der Waals surface area (Å²) < 4.78 is 0. The lowest BCUT2D eigenvalue weighted by Crippen LogP contribution is -1.93. The van der Waals surface area contributed by atoms with Gasteiger partial charge in [-0.2, -0.15) is 0 Å². The Labute approximate surface area is 86.3 Å². The molecular formula is C10H8ClN3. The highest BCUT2D eigenvalue weighted by Gasteiger charge is 2.02. The number of nitrogens with zero attached hydrogens (tertiary/aromatic N) is 1. The van der Waals surface area contributed by atoms with Gasteiger partial charge in [0.1, 0.15) is 11.3 Å². The van der Waals surface area contributed by atoms with E-state index in [0.29, 0.717) is 17.3 Å². The molecule has 0 atom stereocenters. The molecule has 0 bridgehead atoms. The van der Waals surface area contributed by atoms with Crippen LogP contribution in [0, 0.1) is 11.8 Å². The van der Waals surface area contributed by atoms with Gasteiger partial charge in [-0.15, -0.1) is 0 Å². The van der Waals surface area contributed by atoms with E-state index in [2.05, 4.69) is 21.8 Å². The molecule has 0 spiro atoms. The lowest BCUT2D eigenvalue weighted by molar-refractivity contribution is 1.28. The van der Waals surface area contributed by atoms with E-state index in [9.17, 15) is 0 Å². The van der Waals surface area contributed by atoms with Crippen LogP contribution in [0.25, 0.3) is 11.0 Å². The molecule has 2 heterocycles. The Bertz CT molecular complexity index is 519. The van der Waals surface area contributed by atoms with Crippen LogP contribution in [0.15, 0.2) is 18.3 Å². The molecule has 3 N–H and O–H groups in total. The first-order chi connectivity index (χ1) is 6.81. The minimum absolute atomic E-state index is 0.321. The van der Waals surface area contributed by atoms with E-state index in [1.54, 1.807) is 12.3 Å². The number of pyridine rings is 1. The molecule has 0 saturated heterocycles. The lowest BCUT2D eigenvalue weighted by Gasteiger charge is -1.94. The third kappa shape index (κ3) is 1.58. The molecule has 0 aliphatic carbocycles. The Balaban J connectivity index is 2.58. The van der Waals surface area contributed by atoms with Crippen LogP contribution in [0.5, 0.6) is 0 Å². The quantitative estimate of drug-likeness (QED) is 0.641. The van der Waals surface area contributed by atoms with Gasteiger partial charge in [0, 0.05) is 11.6 Å². The Hall–Kier alpha value is -1.50. The number of aromatic nitrogens is 2. The molecule has 0 amide bonds. The number of nitrogens with one attached hydrogen (secondary N) is 1. The molecule has 0 unspecified atom stereocenters. The van der Waals surface area contributed by atoms with Crippen molar-refractivity contribution in [2.24, 2.45) is 5.73 Å². The van der Waals surface area contributed by atoms with Gasteiger partial charge in [0.2, 0.25) is 0 Å². The topological polar surface area (TPSA) is 54.7 Å². The normalized spacial score (nSPS) is 9.86.